The van der Waals surface area contributed by atoms with E-state index in [-0.39, 0.29) is 23.7 Å². The van der Waals surface area contributed by atoms with Crippen LogP contribution in [-0.4, -0.2) is 23.3 Å². The van der Waals surface area contributed by atoms with Crippen molar-refractivity contribution in [3.05, 3.63) is 82.9 Å². The third-order valence-electron chi connectivity index (χ3n) is 5.01. The normalized spacial score (nSPS) is 14.3. The SMILES string of the molecule is O=C(Cc1csc(NC(=O)c2ccccc2)n1)NCC1(c2ccccc2)CC1. The first kappa shape index (κ1) is 18.4. The van der Waals surface area contributed by atoms with Crippen LogP contribution in [0.15, 0.2) is 66.0 Å². The van der Waals surface area contributed by atoms with Crippen LogP contribution in [0.4, 0.5) is 5.13 Å². The van der Waals surface area contributed by atoms with Gasteiger partial charge in [-0.2, -0.15) is 0 Å². The summed E-state index contributed by atoms with van der Waals surface area (Å²) in [6, 6.07) is 19.3. The van der Waals surface area contributed by atoms with Gasteiger partial charge in [-0.15, -0.1) is 11.3 Å². The first-order valence-corrected chi connectivity index (χ1v) is 10.2. The summed E-state index contributed by atoms with van der Waals surface area (Å²) < 4.78 is 0. The zero-order chi connectivity index (χ0) is 19.4. The van der Waals surface area contributed by atoms with Gasteiger partial charge < -0.3 is 5.32 Å². The second kappa shape index (κ2) is 7.94. The molecule has 4 rings (SSSR count). The molecule has 3 aromatic rings. The molecule has 2 N–H and O–H groups in total. The molecule has 0 unspecified atom stereocenters. The van der Waals surface area contributed by atoms with Crippen molar-refractivity contribution >= 4 is 28.3 Å². The molecule has 0 radical (unpaired) electrons. The Balaban J connectivity index is 1.29. The van der Waals surface area contributed by atoms with Crippen molar-refractivity contribution in [1.82, 2.24) is 10.3 Å². The maximum Gasteiger partial charge on any atom is 0.257 e. The van der Waals surface area contributed by atoms with E-state index in [4.69, 9.17) is 0 Å². The highest BCUT2D eigenvalue weighted by Crippen LogP contribution is 2.47. The lowest BCUT2D eigenvalue weighted by Gasteiger charge is -2.16. The minimum Gasteiger partial charge on any atom is -0.355 e. The van der Waals surface area contributed by atoms with Gasteiger partial charge in [0.2, 0.25) is 5.91 Å². The van der Waals surface area contributed by atoms with Crippen molar-refractivity contribution in [2.24, 2.45) is 0 Å². The van der Waals surface area contributed by atoms with E-state index in [0.29, 0.717) is 22.9 Å². The van der Waals surface area contributed by atoms with E-state index in [1.165, 1.54) is 16.9 Å². The molecule has 0 aliphatic heterocycles. The first-order valence-electron chi connectivity index (χ1n) is 9.28. The van der Waals surface area contributed by atoms with Gasteiger partial charge in [-0.3, -0.25) is 14.9 Å². The minimum absolute atomic E-state index is 0.0477. The average Bonchev–Trinajstić information content (AvgIpc) is 3.41. The van der Waals surface area contributed by atoms with Gasteiger partial charge >= 0.3 is 0 Å². The topological polar surface area (TPSA) is 71.1 Å². The van der Waals surface area contributed by atoms with Crippen LogP contribution in [0.3, 0.4) is 0 Å². The van der Waals surface area contributed by atoms with E-state index in [1.807, 2.05) is 41.8 Å². The fourth-order valence-electron chi connectivity index (χ4n) is 3.21. The van der Waals surface area contributed by atoms with Crippen molar-refractivity contribution < 1.29 is 9.59 Å². The van der Waals surface area contributed by atoms with E-state index >= 15 is 0 Å². The molecule has 0 bridgehead atoms. The number of nitrogens with zero attached hydrogens (tertiary/aromatic N) is 1. The predicted octanol–water partition coefficient (Wildman–Crippen LogP) is 3.79. The van der Waals surface area contributed by atoms with Crippen molar-refractivity contribution in [2.75, 3.05) is 11.9 Å². The Morgan fingerprint density at radius 1 is 1.00 bits per heavy atom. The van der Waals surface area contributed by atoms with Crippen LogP contribution in [0.5, 0.6) is 0 Å². The molecule has 2 amide bonds. The Morgan fingerprint density at radius 3 is 2.36 bits per heavy atom. The second-order valence-electron chi connectivity index (χ2n) is 7.06. The summed E-state index contributed by atoms with van der Waals surface area (Å²) >= 11 is 1.32. The number of thiazole rings is 1. The number of nitrogens with one attached hydrogen (secondary N) is 2. The molecule has 142 valence electrons. The largest absolute Gasteiger partial charge is 0.355 e. The van der Waals surface area contributed by atoms with Gasteiger partial charge in [-0.05, 0) is 30.5 Å². The summed E-state index contributed by atoms with van der Waals surface area (Å²) in [6.07, 6.45) is 2.41. The lowest BCUT2D eigenvalue weighted by atomic mass is 9.96. The van der Waals surface area contributed by atoms with Crippen LogP contribution in [0.2, 0.25) is 0 Å². The third kappa shape index (κ3) is 4.28. The fourth-order valence-corrected chi connectivity index (χ4v) is 3.91. The van der Waals surface area contributed by atoms with E-state index in [1.54, 1.807) is 12.1 Å². The number of aromatic nitrogens is 1. The molecule has 1 fully saturated rings. The highest BCUT2D eigenvalue weighted by Gasteiger charge is 2.44. The lowest BCUT2D eigenvalue weighted by molar-refractivity contribution is -0.120. The van der Waals surface area contributed by atoms with Crippen LogP contribution in [-0.2, 0) is 16.6 Å². The van der Waals surface area contributed by atoms with Gasteiger partial charge in [-0.25, -0.2) is 4.98 Å². The zero-order valence-electron chi connectivity index (χ0n) is 15.4. The van der Waals surface area contributed by atoms with Crippen LogP contribution >= 0.6 is 11.3 Å². The quantitative estimate of drug-likeness (QED) is 0.644. The van der Waals surface area contributed by atoms with Crippen molar-refractivity contribution in [1.29, 1.82) is 0 Å². The van der Waals surface area contributed by atoms with Gasteiger partial charge in [0.1, 0.15) is 0 Å². The predicted molar refractivity (Wildman–Crippen MR) is 111 cm³/mol. The van der Waals surface area contributed by atoms with Gasteiger partial charge in [0, 0.05) is 22.9 Å². The Bertz CT molecular complexity index is 966. The number of benzene rings is 2. The number of carbonyl (C=O) groups is 2. The molecule has 1 saturated carbocycles. The molecular formula is C22H21N3O2S. The van der Waals surface area contributed by atoms with Crippen molar-refractivity contribution in [3.63, 3.8) is 0 Å². The van der Waals surface area contributed by atoms with E-state index < -0.39 is 0 Å². The van der Waals surface area contributed by atoms with Crippen LogP contribution < -0.4 is 10.6 Å². The van der Waals surface area contributed by atoms with Gasteiger partial charge in [0.05, 0.1) is 12.1 Å². The third-order valence-corrected chi connectivity index (χ3v) is 5.82. The van der Waals surface area contributed by atoms with Gasteiger partial charge in [0.15, 0.2) is 5.13 Å². The molecule has 28 heavy (non-hydrogen) atoms. The summed E-state index contributed by atoms with van der Waals surface area (Å²) in [5, 5.41) is 8.13. The maximum absolute atomic E-state index is 12.3. The van der Waals surface area contributed by atoms with Crippen molar-refractivity contribution in [3.8, 4) is 0 Å². The lowest BCUT2D eigenvalue weighted by Crippen LogP contribution is -2.33. The maximum atomic E-state index is 12.3. The van der Waals surface area contributed by atoms with Crippen LogP contribution in [0.25, 0.3) is 0 Å². The summed E-state index contributed by atoms with van der Waals surface area (Å²) in [4.78, 5) is 28.9. The number of hydrogen-bond donors (Lipinski definition) is 2. The van der Waals surface area contributed by atoms with Crippen molar-refractivity contribution in [2.45, 2.75) is 24.7 Å². The standard InChI is InChI=1S/C22H21N3O2S/c26-19(23-15-22(11-12-22)17-9-5-2-6-10-17)13-18-14-28-21(24-18)25-20(27)16-7-3-1-4-8-16/h1-10,14H,11-13,15H2,(H,23,26)(H,24,25,27). The Kier molecular flexibility index (Phi) is 5.21. The molecule has 1 heterocycles. The summed E-state index contributed by atoms with van der Waals surface area (Å²) in [5.74, 6) is -0.252. The van der Waals surface area contributed by atoms with Gasteiger partial charge in [-0.1, -0.05) is 48.5 Å². The highest BCUT2D eigenvalue weighted by molar-refractivity contribution is 7.14. The van der Waals surface area contributed by atoms with Gasteiger partial charge in [0.25, 0.3) is 5.91 Å². The molecule has 1 aliphatic carbocycles. The molecule has 6 heteroatoms. The summed E-state index contributed by atoms with van der Waals surface area (Å²) in [5.41, 5.74) is 2.62. The molecule has 2 aromatic carbocycles. The number of rotatable bonds is 7. The molecule has 1 aliphatic rings. The molecular weight excluding hydrogens is 370 g/mol. The number of anilines is 1. The summed E-state index contributed by atoms with van der Waals surface area (Å²) in [6.45, 7) is 0.650. The molecule has 0 atom stereocenters. The molecule has 0 spiro atoms. The monoisotopic (exact) mass is 391 g/mol. The van der Waals surface area contributed by atoms with E-state index in [9.17, 15) is 9.59 Å². The number of carbonyl (C=O) groups excluding carboxylic acids is 2. The average molecular weight is 391 g/mol. The van der Waals surface area contributed by atoms with Crippen LogP contribution in [0.1, 0.15) is 34.5 Å². The fraction of sp³-hybridized carbons (Fsp3) is 0.227. The Morgan fingerprint density at radius 2 is 1.68 bits per heavy atom. The van der Waals surface area contributed by atoms with Crippen LogP contribution in [0, 0.1) is 0 Å². The minimum atomic E-state index is -0.204. The van der Waals surface area contributed by atoms with E-state index in [2.05, 4.69) is 27.8 Å². The first-order chi connectivity index (χ1) is 13.6. The number of amides is 2. The van der Waals surface area contributed by atoms with E-state index in [0.717, 1.165) is 12.8 Å². The Labute approximate surface area is 167 Å². The summed E-state index contributed by atoms with van der Waals surface area (Å²) in [7, 11) is 0. The number of hydrogen-bond acceptors (Lipinski definition) is 4. The zero-order valence-corrected chi connectivity index (χ0v) is 16.2. The highest BCUT2D eigenvalue weighted by atomic mass is 32.1. The Hall–Kier alpha value is -2.99. The second-order valence-corrected chi connectivity index (χ2v) is 7.92. The molecule has 0 saturated heterocycles. The molecule has 1 aromatic heterocycles. The molecule has 5 nitrogen and oxygen atoms in total. The smallest absolute Gasteiger partial charge is 0.257 e.